The average molecular weight is 383 g/mol. The minimum atomic E-state index is -0.447. The summed E-state index contributed by atoms with van der Waals surface area (Å²) in [6.45, 7) is 0.314. The number of benzene rings is 2. The van der Waals surface area contributed by atoms with Crippen LogP contribution in [0.15, 0.2) is 63.8 Å². The normalized spacial score (nSPS) is 16.7. The van der Waals surface area contributed by atoms with Crippen LogP contribution >= 0.6 is 11.6 Å². The van der Waals surface area contributed by atoms with E-state index < -0.39 is 11.5 Å². The van der Waals surface area contributed by atoms with Crippen molar-refractivity contribution in [3.8, 4) is 0 Å². The van der Waals surface area contributed by atoms with E-state index >= 15 is 0 Å². The predicted molar refractivity (Wildman–Crippen MR) is 103 cm³/mol. The van der Waals surface area contributed by atoms with Gasteiger partial charge >= 0.3 is 5.63 Å². The molecule has 1 saturated heterocycles. The van der Waals surface area contributed by atoms with Crippen molar-refractivity contribution in [3.05, 3.63) is 70.0 Å². The molecule has 3 aromatic rings. The summed E-state index contributed by atoms with van der Waals surface area (Å²) in [4.78, 5) is 37.7. The highest BCUT2D eigenvalue weighted by Crippen LogP contribution is 2.27. The molecule has 0 bridgehead atoms. The molecule has 1 aromatic heterocycles. The van der Waals surface area contributed by atoms with E-state index in [1.165, 1.54) is 6.07 Å². The maximum Gasteiger partial charge on any atom is 0.336 e. The van der Waals surface area contributed by atoms with Gasteiger partial charge in [-0.1, -0.05) is 11.6 Å². The number of nitrogens with one attached hydrogen (secondary N) is 1. The third-order valence-corrected chi connectivity index (χ3v) is 4.77. The molecule has 0 saturated carbocycles. The second-order valence-electron chi connectivity index (χ2n) is 6.38. The standard InChI is InChI=1S/C20H15ClN2O4/c21-14-2-5-16(6-3-14)23-11-13(10-18(23)24)20(26)22-15-4-7-17-12(9-15)1-8-19(25)27-17/h1-9,13H,10-11H2,(H,22,26). The fraction of sp³-hybridized carbons (Fsp3) is 0.150. The third kappa shape index (κ3) is 3.57. The first-order valence-corrected chi connectivity index (χ1v) is 8.78. The van der Waals surface area contributed by atoms with Crippen LogP contribution in [0.2, 0.25) is 5.02 Å². The van der Waals surface area contributed by atoms with Crippen molar-refractivity contribution >= 4 is 45.8 Å². The summed E-state index contributed by atoms with van der Waals surface area (Å²) in [5.41, 5.74) is 1.33. The first-order valence-electron chi connectivity index (χ1n) is 8.40. The van der Waals surface area contributed by atoms with Gasteiger partial charge in [0.15, 0.2) is 0 Å². The van der Waals surface area contributed by atoms with Crippen LogP contribution in [0.25, 0.3) is 11.0 Å². The van der Waals surface area contributed by atoms with Crippen LogP contribution in [-0.4, -0.2) is 18.4 Å². The third-order valence-electron chi connectivity index (χ3n) is 4.52. The van der Waals surface area contributed by atoms with Gasteiger partial charge in [-0.2, -0.15) is 0 Å². The Bertz CT molecular complexity index is 1090. The molecule has 27 heavy (non-hydrogen) atoms. The van der Waals surface area contributed by atoms with Crippen molar-refractivity contribution in [2.45, 2.75) is 6.42 Å². The number of anilines is 2. The Morgan fingerprint density at radius 2 is 1.85 bits per heavy atom. The van der Waals surface area contributed by atoms with Crippen molar-refractivity contribution in [1.82, 2.24) is 0 Å². The minimum Gasteiger partial charge on any atom is -0.423 e. The Morgan fingerprint density at radius 3 is 2.63 bits per heavy atom. The molecular formula is C20H15ClN2O4. The number of rotatable bonds is 3. The number of amides is 2. The summed E-state index contributed by atoms with van der Waals surface area (Å²) in [5.74, 6) is -0.771. The number of hydrogen-bond acceptors (Lipinski definition) is 4. The van der Waals surface area contributed by atoms with Gasteiger partial charge in [-0.05, 0) is 48.5 Å². The molecule has 1 fully saturated rings. The lowest BCUT2D eigenvalue weighted by Crippen LogP contribution is -2.28. The zero-order valence-electron chi connectivity index (χ0n) is 14.1. The van der Waals surface area contributed by atoms with Gasteiger partial charge in [0, 0.05) is 40.8 Å². The van der Waals surface area contributed by atoms with Crippen molar-refractivity contribution in [2.75, 3.05) is 16.8 Å². The Hall–Kier alpha value is -3.12. The van der Waals surface area contributed by atoms with Crippen LogP contribution in [0, 0.1) is 5.92 Å². The topological polar surface area (TPSA) is 79.6 Å². The summed E-state index contributed by atoms with van der Waals surface area (Å²) in [5, 5.41) is 4.13. The number of hydrogen-bond donors (Lipinski definition) is 1. The maximum atomic E-state index is 12.6. The van der Waals surface area contributed by atoms with Gasteiger partial charge in [-0.3, -0.25) is 9.59 Å². The number of carbonyl (C=O) groups excluding carboxylic acids is 2. The molecule has 6 nitrogen and oxygen atoms in total. The number of fused-ring (bicyclic) bond motifs is 1. The van der Waals surface area contributed by atoms with Gasteiger partial charge in [0.2, 0.25) is 11.8 Å². The largest absolute Gasteiger partial charge is 0.423 e. The summed E-state index contributed by atoms with van der Waals surface area (Å²) in [6, 6.07) is 14.9. The molecule has 4 rings (SSSR count). The van der Waals surface area contributed by atoms with Crippen molar-refractivity contribution in [2.24, 2.45) is 5.92 Å². The van der Waals surface area contributed by atoms with Crippen molar-refractivity contribution in [1.29, 1.82) is 0 Å². The fourth-order valence-electron chi connectivity index (χ4n) is 3.15. The molecule has 136 valence electrons. The zero-order valence-corrected chi connectivity index (χ0v) is 14.9. The van der Waals surface area contributed by atoms with E-state index in [1.807, 2.05) is 0 Å². The van der Waals surface area contributed by atoms with Gasteiger partial charge in [-0.25, -0.2) is 4.79 Å². The van der Waals surface area contributed by atoms with E-state index in [9.17, 15) is 14.4 Å². The van der Waals surface area contributed by atoms with Gasteiger partial charge in [0.05, 0.1) is 5.92 Å². The molecule has 7 heteroatoms. The van der Waals surface area contributed by atoms with E-state index in [-0.39, 0.29) is 18.2 Å². The Labute approximate surface area is 159 Å². The Balaban J connectivity index is 1.48. The SMILES string of the molecule is O=C(Nc1ccc2oc(=O)ccc2c1)C1CC(=O)N(c2ccc(Cl)cc2)C1. The Kier molecular flexibility index (Phi) is 4.41. The molecule has 1 aliphatic rings. The van der Waals surface area contributed by atoms with Crippen LogP contribution in [0.1, 0.15) is 6.42 Å². The predicted octanol–water partition coefficient (Wildman–Crippen LogP) is 3.44. The van der Waals surface area contributed by atoms with Crippen LogP contribution in [0.3, 0.4) is 0 Å². The van der Waals surface area contributed by atoms with Crippen molar-refractivity contribution < 1.29 is 14.0 Å². The fourth-order valence-corrected chi connectivity index (χ4v) is 3.27. The molecule has 1 atom stereocenters. The highest BCUT2D eigenvalue weighted by atomic mass is 35.5. The quantitative estimate of drug-likeness (QED) is 0.704. The smallest absolute Gasteiger partial charge is 0.336 e. The molecule has 0 aliphatic carbocycles. The summed E-state index contributed by atoms with van der Waals surface area (Å²) >= 11 is 5.88. The molecule has 0 radical (unpaired) electrons. The highest BCUT2D eigenvalue weighted by Gasteiger charge is 2.35. The first kappa shape index (κ1) is 17.3. The summed E-state index contributed by atoms with van der Waals surface area (Å²) in [6.07, 6.45) is 0.150. The second kappa shape index (κ2) is 6.89. The maximum absolute atomic E-state index is 12.6. The van der Waals surface area contributed by atoms with E-state index in [4.69, 9.17) is 16.0 Å². The molecule has 1 aliphatic heterocycles. The minimum absolute atomic E-state index is 0.0993. The molecule has 2 heterocycles. The van der Waals surface area contributed by atoms with E-state index in [0.717, 1.165) is 5.69 Å². The average Bonchev–Trinajstić information content (AvgIpc) is 3.04. The molecular weight excluding hydrogens is 368 g/mol. The molecule has 1 unspecified atom stereocenters. The Morgan fingerprint density at radius 1 is 1.07 bits per heavy atom. The van der Waals surface area contributed by atoms with E-state index in [2.05, 4.69) is 5.32 Å². The lowest BCUT2D eigenvalue weighted by molar-refractivity contribution is -0.122. The van der Waals surface area contributed by atoms with E-state index in [1.54, 1.807) is 53.4 Å². The monoisotopic (exact) mass is 382 g/mol. The van der Waals surface area contributed by atoms with Gasteiger partial charge in [0.25, 0.3) is 0 Å². The van der Waals surface area contributed by atoms with Crippen LogP contribution < -0.4 is 15.8 Å². The van der Waals surface area contributed by atoms with Gasteiger partial charge < -0.3 is 14.6 Å². The lowest BCUT2D eigenvalue weighted by atomic mass is 10.1. The second-order valence-corrected chi connectivity index (χ2v) is 6.81. The zero-order chi connectivity index (χ0) is 19.0. The summed E-state index contributed by atoms with van der Waals surface area (Å²) in [7, 11) is 0. The van der Waals surface area contributed by atoms with Crippen LogP contribution in [0.4, 0.5) is 11.4 Å². The molecule has 1 N–H and O–H groups in total. The van der Waals surface area contributed by atoms with Gasteiger partial charge in [0.1, 0.15) is 5.58 Å². The summed E-state index contributed by atoms with van der Waals surface area (Å²) < 4.78 is 5.08. The van der Waals surface area contributed by atoms with E-state index in [0.29, 0.717) is 28.2 Å². The van der Waals surface area contributed by atoms with Crippen LogP contribution in [0.5, 0.6) is 0 Å². The first-order chi connectivity index (χ1) is 13.0. The van der Waals surface area contributed by atoms with Crippen molar-refractivity contribution in [3.63, 3.8) is 0 Å². The van der Waals surface area contributed by atoms with Gasteiger partial charge in [-0.15, -0.1) is 0 Å². The molecule has 2 amide bonds. The molecule has 2 aromatic carbocycles. The number of carbonyl (C=O) groups is 2. The number of halogens is 1. The lowest BCUT2D eigenvalue weighted by Gasteiger charge is -2.16. The van der Waals surface area contributed by atoms with Crippen LogP contribution in [-0.2, 0) is 9.59 Å². The number of nitrogens with zero attached hydrogens (tertiary/aromatic N) is 1. The highest BCUT2D eigenvalue weighted by molar-refractivity contribution is 6.30. The molecule has 0 spiro atoms.